The fourth-order valence-corrected chi connectivity index (χ4v) is 5.73. The van der Waals surface area contributed by atoms with Gasteiger partial charge in [-0.15, -0.1) is 6.58 Å². The summed E-state index contributed by atoms with van der Waals surface area (Å²) in [7, 11) is 1.58. The van der Waals surface area contributed by atoms with Crippen LogP contribution in [0.15, 0.2) is 135 Å². The Morgan fingerprint density at radius 1 is 0.537 bits per heavy atom. The first-order chi connectivity index (χ1) is 38.9. The lowest BCUT2D eigenvalue weighted by molar-refractivity contribution is -0.191. The molecule has 82 heavy (non-hydrogen) atoms. The van der Waals surface area contributed by atoms with Gasteiger partial charge in [0.25, 0.3) is 5.95 Å². The number of Topliss-reactive ketones (excluding diaryl/α,β-unsaturated/α-hetero) is 2. The summed E-state index contributed by atoms with van der Waals surface area (Å²) in [6.07, 6.45) is 29.0. The normalized spacial score (nSPS) is 8.94. The van der Waals surface area contributed by atoms with Crippen molar-refractivity contribution in [2.45, 2.75) is 157 Å². The van der Waals surface area contributed by atoms with Crippen LogP contribution in [0.4, 0.5) is 0 Å². The first kappa shape index (κ1) is 85.3. The highest BCUT2D eigenvalue weighted by Gasteiger charge is 2.12. The Hall–Kier alpha value is -7.94. The Morgan fingerprint density at radius 3 is 1.27 bits per heavy atom. The molecule has 0 radical (unpaired) electrons. The molecule has 0 fully saturated rings. The molecule has 18 heteroatoms. The maximum absolute atomic E-state index is 11.1. The van der Waals surface area contributed by atoms with E-state index in [1.165, 1.54) is 122 Å². The van der Waals surface area contributed by atoms with Gasteiger partial charge in [-0.1, -0.05) is 177 Å². The SMILES string of the molecule is C=C(C)C(=O)CCOC.C=C(C)C(=O)COc1ccccc1.C=C(C)CCCCCCCCCCCCCCCCCC.C=C(C)c1ccccc1C(=O)O.C=C(OC(=C)C(=O)O)OC(=O)C(=C)C.C=O.O=C=O.OCOC#COCO. The molecule has 0 aromatic heterocycles. The summed E-state index contributed by atoms with van der Waals surface area (Å²) in [5.41, 5.74) is 4.40. The van der Waals surface area contributed by atoms with E-state index >= 15 is 0 Å². The summed E-state index contributed by atoms with van der Waals surface area (Å²) in [4.78, 5) is 77.8. The van der Waals surface area contributed by atoms with Gasteiger partial charge in [-0.2, -0.15) is 9.59 Å². The molecule has 0 aliphatic heterocycles. The van der Waals surface area contributed by atoms with Crippen molar-refractivity contribution in [1.29, 1.82) is 0 Å². The number of ketones is 2. The summed E-state index contributed by atoms with van der Waals surface area (Å²) < 4.78 is 27.0. The van der Waals surface area contributed by atoms with E-state index in [0.29, 0.717) is 41.1 Å². The molecule has 0 aliphatic carbocycles. The van der Waals surface area contributed by atoms with Crippen LogP contribution < -0.4 is 4.74 Å². The van der Waals surface area contributed by atoms with Crippen molar-refractivity contribution in [3.8, 4) is 18.0 Å². The number of aliphatic hydroxyl groups is 2. The van der Waals surface area contributed by atoms with Crippen molar-refractivity contribution in [3.63, 3.8) is 0 Å². The quantitative estimate of drug-likeness (QED) is 0.00964. The molecule has 0 unspecified atom stereocenters. The van der Waals surface area contributed by atoms with Crippen LogP contribution in [-0.2, 0) is 57.2 Å². The van der Waals surface area contributed by atoms with Crippen LogP contribution in [0.5, 0.6) is 5.75 Å². The molecule has 0 spiro atoms. The van der Waals surface area contributed by atoms with Gasteiger partial charge in [0.05, 0.1) is 12.2 Å². The van der Waals surface area contributed by atoms with E-state index in [0.717, 1.165) is 5.57 Å². The first-order valence-corrected chi connectivity index (χ1v) is 26.5. The number of aromatic carboxylic acids is 1. The van der Waals surface area contributed by atoms with Gasteiger partial charge in [0.2, 0.25) is 5.76 Å². The van der Waals surface area contributed by atoms with E-state index in [1.54, 1.807) is 52.1 Å². The molecule has 2 aromatic carbocycles. The van der Waals surface area contributed by atoms with Crippen LogP contribution in [0, 0.1) is 12.2 Å². The van der Waals surface area contributed by atoms with Crippen molar-refractivity contribution in [2.24, 2.45) is 0 Å². The molecule has 458 valence electrons. The van der Waals surface area contributed by atoms with E-state index in [-0.39, 0.29) is 29.9 Å². The number of ether oxygens (including phenoxy) is 6. The third kappa shape index (κ3) is 64.6. The number of carbonyl (C=O) groups is 6. The number of rotatable bonds is 34. The number of esters is 1. The average molecular weight is 1150 g/mol. The van der Waals surface area contributed by atoms with Crippen LogP contribution in [0.2, 0.25) is 0 Å². The summed E-state index contributed by atoms with van der Waals surface area (Å²) in [6.45, 7) is 36.9. The summed E-state index contributed by atoms with van der Waals surface area (Å²) >= 11 is 0. The lowest BCUT2D eigenvalue weighted by Gasteiger charge is -2.07. The van der Waals surface area contributed by atoms with E-state index in [1.807, 2.05) is 49.3 Å². The predicted octanol–water partition coefficient (Wildman–Crippen LogP) is 13.3. The molecule has 0 bridgehead atoms. The molecule has 0 saturated carbocycles. The molecule has 2 aromatic rings. The van der Waals surface area contributed by atoms with Gasteiger partial charge in [0.15, 0.2) is 44.0 Å². The van der Waals surface area contributed by atoms with Gasteiger partial charge in [-0.05, 0) is 95.5 Å². The largest absolute Gasteiger partial charge is 0.485 e. The number of carboxylic acids is 2. The lowest BCUT2D eigenvalue weighted by Crippen LogP contribution is -2.11. The highest BCUT2D eigenvalue weighted by Crippen LogP contribution is 2.17. The molecular formula is C64H94O18. The molecular weight excluding hydrogens is 1060 g/mol. The van der Waals surface area contributed by atoms with Gasteiger partial charge in [0, 0.05) is 19.1 Å². The van der Waals surface area contributed by atoms with E-state index in [9.17, 15) is 24.0 Å². The molecule has 0 aliphatic rings. The number of benzene rings is 2. The Labute approximate surface area is 488 Å². The fourth-order valence-electron chi connectivity index (χ4n) is 5.73. The number of aliphatic carboxylic acids is 1. The van der Waals surface area contributed by atoms with Crippen LogP contribution in [-0.4, -0.2) is 96.8 Å². The van der Waals surface area contributed by atoms with E-state index < -0.39 is 43.2 Å². The molecule has 4 N–H and O–H groups in total. The van der Waals surface area contributed by atoms with Crippen molar-refractivity contribution < 1.29 is 87.2 Å². The highest BCUT2D eigenvalue weighted by molar-refractivity contribution is 5.95. The maximum Gasteiger partial charge on any atom is 0.373 e. The zero-order chi connectivity index (χ0) is 63.9. The predicted molar refractivity (Wildman–Crippen MR) is 319 cm³/mol. The second-order valence-corrected chi connectivity index (χ2v) is 17.6. The van der Waals surface area contributed by atoms with Crippen LogP contribution >= 0.6 is 0 Å². The minimum Gasteiger partial charge on any atom is -0.485 e. The smallest absolute Gasteiger partial charge is 0.373 e. The average Bonchev–Trinajstić information content (AvgIpc) is 3.44. The van der Waals surface area contributed by atoms with E-state index in [2.05, 4.69) is 78.8 Å². The van der Waals surface area contributed by atoms with Crippen LogP contribution in [0.25, 0.3) is 5.57 Å². The standard InChI is InChI=1S/C21H42.C11H12O2.C10H10O2.C9H10O5.C7H12O2.C4H6O4.CO2.CH2O/c1-4-5-6-7-8-9-10-11-12-13-14-15-16-17-18-19-20-21(2)3;1-9(2)11(12)8-13-10-6-4-3-5-7-10;1-7(2)8-5-3-4-6-9(8)10(11)12;1-5(2)9(12)14-7(4)13-6(3)8(10)11;1-6(2)7(8)4-5-9-3;5-3-7-1-2-8-4-6;2-1-3;1-2/h2,4-20H2,1,3H3;3-7H,1,8H2,2H3;3-6H,1H2,2H3,(H,11,12);1,3-4H2,2H3,(H,10,11);1,4-5H2,2-3H3;5-6H,3-4H2;;1H2. The van der Waals surface area contributed by atoms with Gasteiger partial charge in [0.1, 0.15) is 12.5 Å². The number of para-hydroxylation sites is 1. The Balaban J connectivity index is -0.000000213. The molecule has 2 rings (SSSR count). The minimum atomic E-state index is -1.36. The van der Waals surface area contributed by atoms with Crippen molar-refractivity contribution in [2.75, 3.05) is 33.9 Å². The second kappa shape index (κ2) is 63.9. The number of hydrogen-bond acceptors (Lipinski definition) is 16. The molecule has 0 heterocycles. The summed E-state index contributed by atoms with van der Waals surface area (Å²) in [5, 5.41) is 33.0. The lowest BCUT2D eigenvalue weighted by atomic mass is 10.0. The van der Waals surface area contributed by atoms with Crippen molar-refractivity contribution in [1.82, 2.24) is 0 Å². The summed E-state index contributed by atoms with van der Waals surface area (Å²) in [5.74, 6) is -3.33. The Kier molecular flexibility index (Phi) is 66.5. The third-order valence-corrected chi connectivity index (χ3v) is 10.0. The van der Waals surface area contributed by atoms with Gasteiger partial charge in [-0.3, -0.25) is 9.59 Å². The molecule has 0 atom stereocenters. The number of allylic oxidation sites excluding steroid dienone is 3. The molecule has 0 saturated heterocycles. The number of carbonyl (C=O) groups excluding carboxylic acids is 6. The molecule has 0 amide bonds. The first-order valence-electron chi connectivity index (χ1n) is 26.5. The Bertz CT molecular complexity index is 2150. The minimum absolute atomic E-state index is 0.0659. The second-order valence-electron chi connectivity index (χ2n) is 17.6. The maximum atomic E-state index is 11.1. The Morgan fingerprint density at radius 2 is 0.939 bits per heavy atom. The third-order valence-electron chi connectivity index (χ3n) is 10.0. The highest BCUT2D eigenvalue weighted by atomic mass is 16.7. The topological polar surface area (TPSA) is 273 Å². The van der Waals surface area contributed by atoms with Crippen LogP contribution in [0.3, 0.4) is 0 Å². The zero-order valence-electron chi connectivity index (χ0n) is 49.9. The van der Waals surface area contributed by atoms with Crippen molar-refractivity contribution in [3.05, 3.63) is 146 Å². The van der Waals surface area contributed by atoms with Gasteiger partial charge in [-0.25, -0.2) is 14.4 Å². The fraction of sp³-hybridized carbons (Fsp3) is 0.453. The van der Waals surface area contributed by atoms with Gasteiger partial charge >= 0.3 is 24.1 Å². The number of aliphatic hydroxyl groups excluding tert-OH is 2. The van der Waals surface area contributed by atoms with Gasteiger partial charge < -0.3 is 53.6 Å². The molecule has 18 nitrogen and oxygen atoms in total. The zero-order valence-corrected chi connectivity index (χ0v) is 49.9. The van der Waals surface area contributed by atoms with Crippen molar-refractivity contribution >= 4 is 48.0 Å². The number of unbranched alkanes of at least 4 members (excludes halogenated alkanes) is 15. The number of hydrogen-bond donors (Lipinski definition) is 4. The summed E-state index contributed by atoms with van der Waals surface area (Å²) in [6, 6.07) is 16.1. The number of carboxylic acid groups (broad SMARTS) is 2. The van der Waals surface area contributed by atoms with Crippen LogP contribution in [0.1, 0.15) is 173 Å². The monoisotopic (exact) mass is 1150 g/mol. The van der Waals surface area contributed by atoms with E-state index in [4.69, 9.17) is 44.3 Å². The number of methoxy groups -OCH3 is 1.